The van der Waals surface area contributed by atoms with E-state index in [2.05, 4.69) is 10.6 Å². The van der Waals surface area contributed by atoms with Crippen LogP contribution in [-0.4, -0.2) is 60.5 Å². The summed E-state index contributed by atoms with van der Waals surface area (Å²) in [6.45, 7) is 12.4. The van der Waals surface area contributed by atoms with Gasteiger partial charge < -0.3 is 25.0 Å². The van der Waals surface area contributed by atoms with E-state index < -0.39 is 11.2 Å². The van der Waals surface area contributed by atoms with Crippen molar-refractivity contribution in [3.05, 3.63) is 0 Å². The van der Waals surface area contributed by atoms with Crippen molar-refractivity contribution in [1.29, 1.82) is 0 Å². The maximum absolute atomic E-state index is 11.8. The van der Waals surface area contributed by atoms with Gasteiger partial charge in [0, 0.05) is 32.2 Å². The van der Waals surface area contributed by atoms with E-state index >= 15 is 0 Å². The summed E-state index contributed by atoms with van der Waals surface area (Å²) in [5, 5.41) is 6.24. The minimum Gasteiger partial charge on any atom is -0.444 e. The van der Waals surface area contributed by atoms with Gasteiger partial charge in [-0.3, -0.25) is 0 Å². The highest BCUT2D eigenvalue weighted by molar-refractivity contribution is 5.68. The molecule has 0 unspecified atom stereocenters. The zero-order valence-electron chi connectivity index (χ0n) is 16.1. The van der Waals surface area contributed by atoms with Gasteiger partial charge in [0.1, 0.15) is 11.2 Å². The van der Waals surface area contributed by atoms with E-state index in [0.29, 0.717) is 19.1 Å². The number of amides is 2. The first-order valence-electron chi connectivity index (χ1n) is 8.53. The maximum atomic E-state index is 11.8. The quantitative estimate of drug-likeness (QED) is 0.802. The van der Waals surface area contributed by atoms with Gasteiger partial charge in [0.15, 0.2) is 0 Å². The Hall–Kier alpha value is -1.50. The Labute approximate surface area is 145 Å². The van der Waals surface area contributed by atoms with E-state index in [4.69, 9.17) is 9.47 Å². The number of carbonyl (C=O) groups excluding carboxylic acids is 2. The van der Waals surface area contributed by atoms with E-state index in [1.165, 1.54) is 0 Å². The number of ether oxygens (including phenoxy) is 2. The minimum atomic E-state index is -0.479. The fourth-order valence-corrected chi connectivity index (χ4v) is 2.24. The zero-order valence-corrected chi connectivity index (χ0v) is 16.1. The summed E-state index contributed by atoms with van der Waals surface area (Å²) in [5.41, 5.74) is -0.953. The van der Waals surface area contributed by atoms with Crippen LogP contribution in [0.25, 0.3) is 0 Å². The fourth-order valence-electron chi connectivity index (χ4n) is 2.24. The monoisotopic (exact) mass is 343 g/mol. The van der Waals surface area contributed by atoms with Crippen molar-refractivity contribution in [3.63, 3.8) is 0 Å². The second kappa shape index (κ2) is 8.05. The van der Waals surface area contributed by atoms with Crippen molar-refractivity contribution >= 4 is 12.2 Å². The van der Waals surface area contributed by atoms with Crippen molar-refractivity contribution in [2.24, 2.45) is 0 Å². The van der Waals surface area contributed by atoms with Crippen LogP contribution in [0.1, 0.15) is 54.4 Å². The third kappa shape index (κ3) is 8.38. The van der Waals surface area contributed by atoms with Gasteiger partial charge in [-0.1, -0.05) is 0 Å². The molecule has 0 heterocycles. The molecule has 7 heteroatoms. The van der Waals surface area contributed by atoms with Crippen molar-refractivity contribution in [3.8, 4) is 0 Å². The Balaban J connectivity index is 2.13. The van der Waals surface area contributed by atoms with Crippen LogP contribution in [0.3, 0.4) is 0 Å². The average molecular weight is 343 g/mol. The summed E-state index contributed by atoms with van der Waals surface area (Å²) in [7, 11) is 1.73. The van der Waals surface area contributed by atoms with Crippen LogP contribution < -0.4 is 10.6 Å². The summed E-state index contributed by atoms with van der Waals surface area (Å²) >= 11 is 0. The highest BCUT2D eigenvalue weighted by Gasteiger charge is 2.31. The summed E-state index contributed by atoms with van der Waals surface area (Å²) in [4.78, 5) is 25.0. The molecule has 0 aromatic carbocycles. The molecule has 0 spiro atoms. The number of alkyl carbamates (subject to hydrolysis) is 1. The number of carbonyl (C=O) groups is 2. The smallest absolute Gasteiger partial charge is 0.410 e. The predicted octanol–water partition coefficient (Wildman–Crippen LogP) is 2.50. The first-order chi connectivity index (χ1) is 10.9. The number of nitrogens with zero attached hydrogens (tertiary/aromatic N) is 1. The van der Waals surface area contributed by atoms with Gasteiger partial charge in [0.05, 0.1) is 0 Å². The van der Waals surface area contributed by atoms with Crippen molar-refractivity contribution in [1.82, 2.24) is 15.5 Å². The molecule has 2 N–H and O–H groups in total. The molecular formula is C17H33N3O4. The van der Waals surface area contributed by atoms with Gasteiger partial charge in [0.2, 0.25) is 0 Å². The first kappa shape index (κ1) is 20.5. The topological polar surface area (TPSA) is 79.9 Å². The summed E-state index contributed by atoms with van der Waals surface area (Å²) < 4.78 is 10.5. The number of likely N-dealkylation sites (N-methyl/N-ethyl adjacent to an activating group) is 1. The van der Waals surface area contributed by atoms with E-state index in [9.17, 15) is 9.59 Å². The third-order valence-electron chi connectivity index (χ3n) is 3.44. The molecule has 2 amide bonds. The zero-order chi connectivity index (χ0) is 18.5. The van der Waals surface area contributed by atoms with E-state index in [1.807, 2.05) is 41.5 Å². The third-order valence-corrected chi connectivity index (χ3v) is 3.44. The molecule has 1 aliphatic carbocycles. The van der Waals surface area contributed by atoms with E-state index in [-0.39, 0.29) is 18.2 Å². The molecule has 0 aromatic rings. The van der Waals surface area contributed by atoms with Crippen molar-refractivity contribution < 1.29 is 19.1 Å². The summed E-state index contributed by atoms with van der Waals surface area (Å²) in [6.07, 6.45) is 1.06. The fraction of sp³-hybridized carbons (Fsp3) is 0.882. The van der Waals surface area contributed by atoms with Gasteiger partial charge in [-0.05, 0) is 54.4 Å². The number of hydrogen-bond acceptors (Lipinski definition) is 5. The lowest BCUT2D eigenvalue weighted by Crippen LogP contribution is -2.54. The molecule has 1 rings (SSSR count). The Bertz CT molecular complexity index is 434. The maximum Gasteiger partial charge on any atom is 0.410 e. The summed E-state index contributed by atoms with van der Waals surface area (Å²) in [5.74, 6) is 0. The SMILES string of the molecule is CN(CCNC1CC(NC(=O)OC(C)(C)C)C1)C(=O)OC(C)(C)C. The minimum absolute atomic E-state index is 0.154. The Morgan fingerprint density at radius 3 is 2.04 bits per heavy atom. The highest BCUT2D eigenvalue weighted by Crippen LogP contribution is 2.20. The van der Waals surface area contributed by atoms with Crippen molar-refractivity contribution in [2.75, 3.05) is 20.1 Å². The van der Waals surface area contributed by atoms with E-state index in [1.54, 1.807) is 11.9 Å². The van der Waals surface area contributed by atoms with Gasteiger partial charge >= 0.3 is 12.2 Å². The second-order valence-electron chi connectivity index (χ2n) is 8.37. The lowest BCUT2D eigenvalue weighted by molar-refractivity contribution is 0.0293. The molecule has 0 radical (unpaired) electrons. The van der Waals surface area contributed by atoms with Crippen LogP contribution in [-0.2, 0) is 9.47 Å². The lowest BCUT2D eigenvalue weighted by Gasteiger charge is -2.37. The molecule has 1 fully saturated rings. The molecule has 0 atom stereocenters. The normalized spacial score (nSPS) is 20.8. The van der Waals surface area contributed by atoms with Crippen LogP contribution >= 0.6 is 0 Å². The van der Waals surface area contributed by atoms with Gasteiger partial charge in [-0.15, -0.1) is 0 Å². The summed E-state index contributed by atoms with van der Waals surface area (Å²) in [6, 6.07) is 0.512. The van der Waals surface area contributed by atoms with Gasteiger partial charge in [-0.25, -0.2) is 9.59 Å². The number of hydrogen-bond donors (Lipinski definition) is 2. The molecule has 7 nitrogen and oxygen atoms in total. The Kier molecular flexibility index (Phi) is 6.89. The molecule has 1 aliphatic rings. The number of rotatable bonds is 5. The largest absolute Gasteiger partial charge is 0.444 e. The molecule has 0 bridgehead atoms. The molecule has 0 aliphatic heterocycles. The van der Waals surface area contributed by atoms with Gasteiger partial charge in [0.25, 0.3) is 0 Å². The Morgan fingerprint density at radius 2 is 1.54 bits per heavy atom. The first-order valence-corrected chi connectivity index (χ1v) is 8.53. The number of nitrogens with one attached hydrogen (secondary N) is 2. The van der Waals surface area contributed by atoms with Crippen LogP contribution in [0.4, 0.5) is 9.59 Å². The molecular weight excluding hydrogens is 310 g/mol. The molecule has 1 saturated carbocycles. The van der Waals surface area contributed by atoms with E-state index in [0.717, 1.165) is 12.8 Å². The molecule has 0 saturated heterocycles. The average Bonchev–Trinajstić information content (AvgIpc) is 2.30. The molecule has 140 valence electrons. The Morgan fingerprint density at radius 1 is 1.00 bits per heavy atom. The van der Waals surface area contributed by atoms with Gasteiger partial charge in [-0.2, -0.15) is 0 Å². The standard InChI is InChI=1S/C17H33N3O4/c1-16(2,3)23-14(21)19-13-10-12(11-13)18-8-9-20(7)15(22)24-17(4,5)6/h12-13,18H,8-11H2,1-7H3,(H,19,21). The van der Waals surface area contributed by atoms with Crippen LogP contribution in [0.15, 0.2) is 0 Å². The lowest BCUT2D eigenvalue weighted by atomic mass is 9.87. The van der Waals surface area contributed by atoms with Crippen LogP contribution in [0, 0.1) is 0 Å². The van der Waals surface area contributed by atoms with Crippen LogP contribution in [0.5, 0.6) is 0 Å². The predicted molar refractivity (Wildman–Crippen MR) is 93.0 cm³/mol. The highest BCUT2D eigenvalue weighted by atomic mass is 16.6. The second-order valence-corrected chi connectivity index (χ2v) is 8.37. The molecule has 0 aromatic heterocycles. The van der Waals surface area contributed by atoms with Crippen molar-refractivity contribution in [2.45, 2.75) is 77.7 Å². The molecule has 24 heavy (non-hydrogen) atoms. The van der Waals surface area contributed by atoms with Crippen LogP contribution in [0.2, 0.25) is 0 Å².